The Morgan fingerprint density at radius 2 is 1.83 bits per heavy atom. The van der Waals surface area contributed by atoms with Crippen LogP contribution in [-0.2, 0) is 11.2 Å². The first-order valence-corrected chi connectivity index (χ1v) is 11.7. The Morgan fingerprint density at radius 3 is 2.33 bits per heavy atom. The van der Waals surface area contributed by atoms with Gasteiger partial charge in [-0.15, -0.1) is 0 Å². The van der Waals surface area contributed by atoms with Crippen molar-refractivity contribution in [3.63, 3.8) is 0 Å². The monoisotopic (exact) mass is 529 g/mol. The number of nitrogens with one attached hydrogen (secondary N) is 1. The van der Waals surface area contributed by atoms with Crippen molar-refractivity contribution in [1.82, 2.24) is 20.2 Å². The van der Waals surface area contributed by atoms with E-state index in [0.29, 0.717) is 11.4 Å². The van der Waals surface area contributed by atoms with Crippen LogP contribution >= 0.6 is 11.6 Å². The number of halogens is 5. The molecule has 196 valence electrons. The third kappa shape index (κ3) is 5.95. The maximum Gasteiger partial charge on any atom is 0.395 e. The Bertz CT molecular complexity index is 1120. The molecule has 1 fully saturated rings. The van der Waals surface area contributed by atoms with Gasteiger partial charge in [-0.05, 0) is 57.5 Å². The molecule has 1 aliphatic carbocycles. The molecule has 0 radical (unpaired) electrons. The van der Waals surface area contributed by atoms with Crippen LogP contribution in [0.4, 0.5) is 17.6 Å². The summed E-state index contributed by atoms with van der Waals surface area (Å²) in [4.78, 5) is 34.0. The second-order valence-electron chi connectivity index (χ2n) is 9.36. The summed E-state index contributed by atoms with van der Waals surface area (Å²) in [6.45, 7) is 1.71. The number of nitrogens with two attached hydrogens (primary N) is 1. The third-order valence-corrected chi connectivity index (χ3v) is 7.17. The highest BCUT2D eigenvalue weighted by atomic mass is 35.5. The zero-order valence-electron chi connectivity index (χ0n) is 20.1. The first-order chi connectivity index (χ1) is 16.8. The standard InChI is InChI=1S/C24H28ClF4N5O2/c1-13-31-10-15(11-32-13)18(23(6-7-23)24(27,28)29)9-19(35)33-12-16(34(2)3)8-14-4-5-17(22(30)36)21(26)20(14)25/h4-5,10-11,16,18H,6-9,12H2,1-3H3,(H2,30,36)(H,33,35)/t16-,18+/m0/s1. The van der Waals surface area contributed by atoms with Gasteiger partial charge in [0.05, 0.1) is 16.0 Å². The molecule has 0 aliphatic heterocycles. The summed E-state index contributed by atoms with van der Waals surface area (Å²) in [6.07, 6.45) is -2.06. The number of rotatable bonds is 10. The third-order valence-electron chi connectivity index (χ3n) is 6.76. The van der Waals surface area contributed by atoms with E-state index in [0.717, 1.165) is 0 Å². The summed E-state index contributed by atoms with van der Waals surface area (Å²) in [6, 6.07) is 2.37. The molecule has 1 saturated carbocycles. The minimum absolute atomic E-state index is 0.0615. The lowest BCUT2D eigenvalue weighted by Crippen LogP contribution is -2.43. The molecule has 0 saturated heterocycles. The molecule has 36 heavy (non-hydrogen) atoms. The fraction of sp³-hybridized carbons (Fsp3) is 0.500. The van der Waals surface area contributed by atoms with Gasteiger partial charge < -0.3 is 16.0 Å². The van der Waals surface area contributed by atoms with Crippen molar-refractivity contribution in [3.05, 3.63) is 57.9 Å². The Kier molecular flexibility index (Phi) is 8.24. The van der Waals surface area contributed by atoms with Crippen LogP contribution in [0.2, 0.25) is 5.02 Å². The largest absolute Gasteiger partial charge is 0.395 e. The van der Waals surface area contributed by atoms with Crippen molar-refractivity contribution >= 4 is 23.4 Å². The molecule has 3 N–H and O–H groups in total. The van der Waals surface area contributed by atoms with Crippen LogP contribution in [0, 0.1) is 18.2 Å². The van der Waals surface area contributed by atoms with Gasteiger partial charge in [0.2, 0.25) is 5.91 Å². The van der Waals surface area contributed by atoms with E-state index in [-0.39, 0.29) is 54.4 Å². The van der Waals surface area contributed by atoms with Gasteiger partial charge in [0.15, 0.2) is 5.82 Å². The second-order valence-corrected chi connectivity index (χ2v) is 9.74. The van der Waals surface area contributed by atoms with Gasteiger partial charge in [-0.25, -0.2) is 14.4 Å². The maximum atomic E-state index is 14.4. The lowest BCUT2D eigenvalue weighted by Gasteiger charge is -2.30. The van der Waals surface area contributed by atoms with E-state index in [4.69, 9.17) is 17.3 Å². The van der Waals surface area contributed by atoms with E-state index in [1.807, 2.05) is 0 Å². The van der Waals surface area contributed by atoms with Gasteiger partial charge in [-0.1, -0.05) is 17.7 Å². The van der Waals surface area contributed by atoms with E-state index in [1.165, 1.54) is 24.5 Å². The molecule has 1 aromatic heterocycles. The van der Waals surface area contributed by atoms with Crippen LogP contribution in [-0.4, -0.2) is 59.5 Å². The van der Waals surface area contributed by atoms with Crippen molar-refractivity contribution in [2.24, 2.45) is 11.1 Å². The first kappa shape index (κ1) is 27.8. The number of hydrogen-bond donors (Lipinski definition) is 2. The zero-order valence-corrected chi connectivity index (χ0v) is 20.9. The molecule has 3 rings (SSSR count). The number of alkyl halides is 3. The lowest BCUT2D eigenvalue weighted by molar-refractivity contribution is -0.194. The predicted octanol–water partition coefficient (Wildman–Crippen LogP) is 3.78. The van der Waals surface area contributed by atoms with Crippen LogP contribution in [0.15, 0.2) is 24.5 Å². The Balaban J connectivity index is 1.73. The SMILES string of the molecule is Cc1ncc([C@@H](CC(=O)NC[C@H](Cc2ccc(C(N)=O)c(F)c2Cl)N(C)C)C2(C(F)(F)F)CC2)cn1. The number of hydrogen-bond acceptors (Lipinski definition) is 5. The van der Waals surface area contributed by atoms with Gasteiger partial charge in [-0.2, -0.15) is 13.2 Å². The Morgan fingerprint density at radius 1 is 1.22 bits per heavy atom. The van der Waals surface area contributed by atoms with Crippen LogP contribution in [0.3, 0.4) is 0 Å². The van der Waals surface area contributed by atoms with Crippen LogP contribution < -0.4 is 11.1 Å². The molecule has 1 heterocycles. The van der Waals surface area contributed by atoms with Gasteiger partial charge in [0.1, 0.15) is 5.82 Å². The van der Waals surface area contributed by atoms with E-state index in [2.05, 4.69) is 15.3 Å². The Hall–Kier alpha value is -2.79. The number of nitrogens with zero attached hydrogens (tertiary/aromatic N) is 3. The number of carbonyl (C=O) groups is 2. The van der Waals surface area contributed by atoms with Crippen molar-refractivity contribution in [2.45, 2.75) is 50.7 Å². The van der Waals surface area contributed by atoms with Crippen LogP contribution in [0.25, 0.3) is 0 Å². The average Bonchev–Trinajstić information content (AvgIpc) is 3.60. The van der Waals surface area contributed by atoms with Gasteiger partial charge in [-0.3, -0.25) is 9.59 Å². The number of aryl methyl sites for hydroxylation is 1. The van der Waals surface area contributed by atoms with E-state index >= 15 is 0 Å². The Labute approximate surface area is 211 Å². The summed E-state index contributed by atoms with van der Waals surface area (Å²) < 4.78 is 56.2. The second kappa shape index (κ2) is 10.7. The number of carbonyl (C=O) groups excluding carboxylic acids is 2. The molecule has 1 aromatic carbocycles. The summed E-state index contributed by atoms with van der Waals surface area (Å²) in [5.74, 6) is -3.11. The predicted molar refractivity (Wildman–Crippen MR) is 126 cm³/mol. The van der Waals surface area contributed by atoms with Gasteiger partial charge in [0.25, 0.3) is 5.91 Å². The lowest BCUT2D eigenvalue weighted by atomic mass is 9.81. The van der Waals surface area contributed by atoms with Crippen molar-refractivity contribution in [3.8, 4) is 0 Å². The maximum absolute atomic E-state index is 14.4. The quantitative estimate of drug-likeness (QED) is 0.456. The zero-order chi connectivity index (χ0) is 26.8. The molecule has 1 aliphatic rings. The molecular weight excluding hydrogens is 502 g/mol. The van der Waals surface area contributed by atoms with Crippen molar-refractivity contribution in [1.29, 1.82) is 0 Å². The average molecular weight is 530 g/mol. The molecule has 2 aromatic rings. The van der Waals surface area contributed by atoms with Crippen LogP contribution in [0.5, 0.6) is 0 Å². The molecule has 7 nitrogen and oxygen atoms in total. The van der Waals surface area contributed by atoms with Crippen molar-refractivity contribution in [2.75, 3.05) is 20.6 Å². The summed E-state index contributed by atoms with van der Waals surface area (Å²) >= 11 is 6.09. The molecule has 2 atom stereocenters. The molecule has 12 heteroatoms. The fourth-order valence-electron chi connectivity index (χ4n) is 4.30. The van der Waals surface area contributed by atoms with Gasteiger partial charge in [0, 0.05) is 37.3 Å². The normalized spacial score (nSPS) is 16.5. The molecule has 0 unspecified atom stereocenters. The molecule has 0 spiro atoms. The highest BCUT2D eigenvalue weighted by Crippen LogP contribution is 2.66. The first-order valence-electron chi connectivity index (χ1n) is 11.3. The van der Waals surface area contributed by atoms with Gasteiger partial charge >= 0.3 is 6.18 Å². The molecule has 0 bridgehead atoms. The topological polar surface area (TPSA) is 101 Å². The fourth-order valence-corrected chi connectivity index (χ4v) is 4.54. The number of likely N-dealkylation sites (N-methyl/N-ethyl adjacent to an activating group) is 1. The van der Waals surface area contributed by atoms with E-state index in [9.17, 15) is 27.2 Å². The number of amides is 2. The van der Waals surface area contributed by atoms with Crippen molar-refractivity contribution < 1.29 is 27.2 Å². The minimum atomic E-state index is -4.47. The molecular formula is C24H28ClF4N5O2. The molecule has 2 amide bonds. The van der Waals surface area contributed by atoms with Crippen LogP contribution in [0.1, 0.15) is 52.5 Å². The smallest absolute Gasteiger partial charge is 0.366 e. The number of primary amides is 1. The van der Waals surface area contributed by atoms with E-state index < -0.39 is 35.1 Å². The summed E-state index contributed by atoms with van der Waals surface area (Å²) in [5, 5.41) is 2.47. The van der Waals surface area contributed by atoms with E-state index in [1.54, 1.807) is 25.9 Å². The highest BCUT2D eigenvalue weighted by Gasteiger charge is 2.67. The number of benzene rings is 1. The summed E-state index contributed by atoms with van der Waals surface area (Å²) in [7, 11) is 3.49. The number of aromatic nitrogens is 2. The highest BCUT2D eigenvalue weighted by molar-refractivity contribution is 6.32. The minimum Gasteiger partial charge on any atom is -0.366 e. The summed E-state index contributed by atoms with van der Waals surface area (Å²) in [5.41, 5.74) is 3.51.